The standard InChI is InChI=1S/C12H13ClN2O2/c1-8-7-10(13)15-12-9(17-6-5-16-2)3-4-14-11(8)12/h3-4,7H,5-6H2,1-2H3. The first-order valence-electron chi connectivity index (χ1n) is 5.26. The lowest BCUT2D eigenvalue weighted by Crippen LogP contribution is -2.05. The Balaban J connectivity index is 2.42. The van der Waals surface area contributed by atoms with Crippen LogP contribution in [0.4, 0.5) is 0 Å². The Hall–Kier alpha value is -1.39. The Morgan fingerprint density at radius 1 is 1.29 bits per heavy atom. The van der Waals surface area contributed by atoms with Crippen LogP contribution < -0.4 is 4.74 Å². The van der Waals surface area contributed by atoms with Gasteiger partial charge in [-0.15, -0.1) is 0 Å². The molecule has 0 radical (unpaired) electrons. The van der Waals surface area contributed by atoms with E-state index in [1.807, 2.05) is 6.92 Å². The van der Waals surface area contributed by atoms with Crippen LogP contribution in [0.2, 0.25) is 5.15 Å². The molecule has 0 N–H and O–H groups in total. The highest BCUT2D eigenvalue weighted by Gasteiger charge is 2.08. The summed E-state index contributed by atoms with van der Waals surface area (Å²) in [6, 6.07) is 3.57. The predicted molar refractivity (Wildman–Crippen MR) is 66.7 cm³/mol. The van der Waals surface area contributed by atoms with Crippen LogP contribution in [0.5, 0.6) is 5.75 Å². The van der Waals surface area contributed by atoms with Crippen molar-refractivity contribution in [2.24, 2.45) is 0 Å². The maximum atomic E-state index is 5.94. The second-order valence-corrected chi connectivity index (χ2v) is 4.00. The molecule has 5 heteroatoms. The van der Waals surface area contributed by atoms with Gasteiger partial charge in [0, 0.05) is 19.4 Å². The summed E-state index contributed by atoms with van der Waals surface area (Å²) in [5, 5.41) is 0.444. The van der Waals surface area contributed by atoms with E-state index >= 15 is 0 Å². The summed E-state index contributed by atoms with van der Waals surface area (Å²) in [6.45, 7) is 2.95. The van der Waals surface area contributed by atoms with Crippen LogP contribution in [0, 0.1) is 6.92 Å². The van der Waals surface area contributed by atoms with Crippen LogP contribution >= 0.6 is 11.6 Å². The first-order chi connectivity index (χ1) is 8.22. The molecule has 0 bridgehead atoms. The molecule has 0 aliphatic heterocycles. The largest absolute Gasteiger partial charge is 0.489 e. The minimum Gasteiger partial charge on any atom is -0.489 e. The van der Waals surface area contributed by atoms with Gasteiger partial charge < -0.3 is 9.47 Å². The number of hydrogen-bond acceptors (Lipinski definition) is 4. The normalized spacial score (nSPS) is 10.8. The van der Waals surface area contributed by atoms with E-state index in [4.69, 9.17) is 21.1 Å². The Labute approximate surface area is 105 Å². The van der Waals surface area contributed by atoms with E-state index < -0.39 is 0 Å². The Bertz CT molecular complexity index is 531. The van der Waals surface area contributed by atoms with Crippen molar-refractivity contribution >= 4 is 22.6 Å². The van der Waals surface area contributed by atoms with Gasteiger partial charge in [-0.2, -0.15) is 0 Å². The van der Waals surface area contributed by atoms with E-state index in [0.29, 0.717) is 29.6 Å². The molecule has 0 fully saturated rings. The maximum absolute atomic E-state index is 5.94. The van der Waals surface area contributed by atoms with E-state index in [9.17, 15) is 0 Å². The highest BCUT2D eigenvalue weighted by Crippen LogP contribution is 2.26. The summed E-state index contributed by atoms with van der Waals surface area (Å²) in [5.41, 5.74) is 2.48. The number of fused-ring (bicyclic) bond motifs is 1. The number of methoxy groups -OCH3 is 1. The quantitative estimate of drug-likeness (QED) is 0.620. The molecule has 4 nitrogen and oxygen atoms in total. The molecule has 0 unspecified atom stereocenters. The van der Waals surface area contributed by atoms with Gasteiger partial charge in [-0.3, -0.25) is 4.98 Å². The monoisotopic (exact) mass is 252 g/mol. The lowest BCUT2D eigenvalue weighted by atomic mass is 10.2. The third kappa shape index (κ3) is 2.65. The molecule has 2 rings (SSSR count). The SMILES string of the molecule is COCCOc1ccnc2c(C)cc(Cl)nc12. The van der Waals surface area contributed by atoms with Crippen molar-refractivity contribution in [3.05, 3.63) is 29.0 Å². The van der Waals surface area contributed by atoms with Crippen molar-refractivity contribution in [1.29, 1.82) is 0 Å². The van der Waals surface area contributed by atoms with Crippen LogP contribution in [0.25, 0.3) is 11.0 Å². The fourth-order valence-electron chi connectivity index (χ4n) is 1.57. The molecule has 17 heavy (non-hydrogen) atoms. The fraction of sp³-hybridized carbons (Fsp3) is 0.333. The van der Waals surface area contributed by atoms with Crippen molar-refractivity contribution in [3.63, 3.8) is 0 Å². The molecule has 0 spiro atoms. The van der Waals surface area contributed by atoms with E-state index in [1.54, 1.807) is 25.4 Å². The number of hydrogen-bond donors (Lipinski definition) is 0. The van der Waals surface area contributed by atoms with Crippen LogP contribution in [0.1, 0.15) is 5.56 Å². The van der Waals surface area contributed by atoms with E-state index in [2.05, 4.69) is 9.97 Å². The second kappa shape index (κ2) is 5.29. The average Bonchev–Trinajstić information content (AvgIpc) is 2.30. The second-order valence-electron chi connectivity index (χ2n) is 3.61. The van der Waals surface area contributed by atoms with Gasteiger partial charge in [0.05, 0.1) is 12.1 Å². The van der Waals surface area contributed by atoms with Gasteiger partial charge in [0.15, 0.2) is 0 Å². The molecule has 2 heterocycles. The van der Waals surface area contributed by atoms with Gasteiger partial charge in [-0.05, 0) is 18.6 Å². The number of pyridine rings is 2. The fourth-order valence-corrected chi connectivity index (χ4v) is 1.82. The van der Waals surface area contributed by atoms with Crippen molar-refractivity contribution in [2.75, 3.05) is 20.3 Å². The third-order valence-electron chi connectivity index (χ3n) is 2.36. The smallest absolute Gasteiger partial charge is 0.148 e. The molecular formula is C12H13ClN2O2. The molecule has 2 aromatic heterocycles. The molecule has 0 aliphatic rings. The molecule has 0 saturated carbocycles. The molecule has 90 valence electrons. The van der Waals surface area contributed by atoms with Crippen LogP contribution in [-0.4, -0.2) is 30.3 Å². The predicted octanol–water partition coefficient (Wildman–Crippen LogP) is 2.62. The minimum absolute atomic E-state index is 0.444. The minimum atomic E-state index is 0.444. The zero-order valence-electron chi connectivity index (χ0n) is 9.74. The van der Waals surface area contributed by atoms with Gasteiger partial charge >= 0.3 is 0 Å². The van der Waals surface area contributed by atoms with Crippen molar-refractivity contribution in [2.45, 2.75) is 6.92 Å². The summed E-state index contributed by atoms with van der Waals surface area (Å²) >= 11 is 5.94. The number of rotatable bonds is 4. The molecule has 0 aliphatic carbocycles. The highest BCUT2D eigenvalue weighted by atomic mass is 35.5. The van der Waals surface area contributed by atoms with Crippen LogP contribution in [0.3, 0.4) is 0 Å². The van der Waals surface area contributed by atoms with Crippen LogP contribution in [-0.2, 0) is 4.74 Å². The van der Waals surface area contributed by atoms with Crippen molar-refractivity contribution in [1.82, 2.24) is 9.97 Å². The van der Waals surface area contributed by atoms with Crippen molar-refractivity contribution < 1.29 is 9.47 Å². The Morgan fingerprint density at radius 3 is 2.88 bits per heavy atom. The average molecular weight is 253 g/mol. The number of nitrogens with zero attached hydrogens (tertiary/aromatic N) is 2. The Kier molecular flexibility index (Phi) is 3.76. The summed E-state index contributed by atoms with van der Waals surface area (Å²) in [7, 11) is 1.63. The summed E-state index contributed by atoms with van der Waals surface area (Å²) < 4.78 is 10.5. The maximum Gasteiger partial charge on any atom is 0.148 e. The van der Waals surface area contributed by atoms with Gasteiger partial charge in [-0.1, -0.05) is 11.6 Å². The lowest BCUT2D eigenvalue weighted by Gasteiger charge is -2.09. The van der Waals surface area contributed by atoms with Gasteiger partial charge in [0.25, 0.3) is 0 Å². The molecule has 0 aromatic carbocycles. The number of aryl methyl sites for hydroxylation is 1. The zero-order valence-corrected chi connectivity index (χ0v) is 10.5. The first kappa shape index (κ1) is 12.1. The highest BCUT2D eigenvalue weighted by molar-refractivity contribution is 6.29. The van der Waals surface area contributed by atoms with Gasteiger partial charge in [0.2, 0.25) is 0 Å². The Morgan fingerprint density at radius 2 is 2.12 bits per heavy atom. The number of halogens is 1. The molecule has 2 aromatic rings. The zero-order chi connectivity index (χ0) is 12.3. The topological polar surface area (TPSA) is 44.2 Å². The van der Waals surface area contributed by atoms with Crippen molar-refractivity contribution in [3.8, 4) is 5.75 Å². The molecule has 0 amide bonds. The van der Waals surface area contributed by atoms with Crippen LogP contribution in [0.15, 0.2) is 18.3 Å². The van der Waals surface area contributed by atoms with Gasteiger partial charge in [-0.25, -0.2) is 4.98 Å². The number of ether oxygens (including phenoxy) is 2. The third-order valence-corrected chi connectivity index (χ3v) is 2.55. The first-order valence-corrected chi connectivity index (χ1v) is 5.64. The van der Waals surface area contributed by atoms with E-state index in [-0.39, 0.29) is 0 Å². The summed E-state index contributed by atoms with van der Waals surface area (Å²) in [6.07, 6.45) is 1.70. The lowest BCUT2D eigenvalue weighted by molar-refractivity contribution is 0.147. The summed E-state index contributed by atoms with van der Waals surface area (Å²) in [5.74, 6) is 0.678. The van der Waals surface area contributed by atoms with Gasteiger partial charge in [0.1, 0.15) is 23.0 Å². The summed E-state index contributed by atoms with van der Waals surface area (Å²) in [4.78, 5) is 8.53. The number of aromatic nitrogens is 2. The van der Waals surface area contributed by atoms with E-state index in [0.717, 1.165) is 11.1 Å². The van der Waals surface area contributed by atoms with E-state index in [1.165, 1.54) is 0 Å². The molecule has 0 saturated heterocycles. The molecule has 0 atom stereocenters. The molecular weight excluding hydrogens is 240 g/mol.